The first kappa shape index (κ1) is 13.5. The highest BCUT2D eigenvalue weighted by atomic mass is 79.9. The van der Waals surface area contributed by atoms with Crippen molar-refractivity contribution in [2.24, 2.45) is 0 Å². The third-order valence-corrected chi connectivity index (χ3v) is 3.16. The molecule has 1 N–H and O–H groups in total. The minimum Gasteiger partial charge on any atom is -0.496 e. The van der Waals surface area contributed by atoms with Crippen LogP contribution in [0.15, 0.2) is 53.0 Å². The lowest BCUT2D eigenvalue weighted by Gasteiger charge is -2.06. The van der Waals surface area contributed by atoms with Crippen molar-refractivity contribution in [3.63, 3.8) is 0 Å². The summed E-state index contributed by atoms with van der Waals surface area (Å²) in [6.45, 7) is 0.605. The largest absolute Gasteiger partial charge is 0.496 e. The van der Waals surface area contributed by atoms with Crippen molar-refractivity contribution in [1.82, 2.24) is 0 Å². The van der Waals surface area contributed by atoms with Gasteiger partial charge in [0.2, 0.25) is 0 Å². The van der Waals surface area contributed by atoms with Crippen LogP contribution in [-0.2, 0) is 0 Å². The van der Waals surface area contributed by atoms with Gasteiger partial charge in [-0.2, -0.15) is 0 Å². The van der Waals surface area contributed by atoms with E-state index in [0.29, 0.717) is 6.54 Å². The second-order valence-electron chi connectivity index (χ2n) is 3.87. The van der Waals surface area contributed by atoms with E-state index in [-0.39, 0.29) is 0 Å². The van der Waals surface area contributed by atoms with Crippen LogP contribution in [0.2, 0.25) is 0 Å². The van der Waals surface area contributed by atoms with Crippen LogP contribution in [0.5, 0.6) is 5.75 Å². The average molecular weight is 316 g/mol. The van der Waals surface area contributed by atoms with Crippen LogP contribution in [0.25, 0.3) is 0 Å². The quantitative estimate of drug-likeness (QED) is 0.867. The van der Waals surface area contributed by atoms with Gasteiger partial charge in [-0.15, -0.1) is 0 Å². The van der Waals surface area contributed by atoms with Gasteiger partial charge in [-0.05, 0) is 46.3 Å². The monoisotopic (exact) mass is 315 g/mol. The number of benzene rings is 2. The predicted octanol–water partition coefficient (Wildman–Crippen LogP) is 3.92. The molecule has 0 bridgehead atoms. The van der Waals surface area contributed by atoms with Gasteiger partial charge in [0.1, 0.15) is 5.75 Å². The van der Waals surface area contributed by atoms with Gasteiger partial charge in [0.15, 0.2) is 0 Å². The summed E-state index contributed by atoms with van der Waals surface area (Å²) in [6.07, 6.45) is 0. The summed E-state index contributed by atoms with van der Waals surface area (Å²) in [5.74, 6) is 7.01. The number of hydrogen-bond acceptors (Lipinski definition) is 2. The topological polar surface area (TPSA) is 21.3 Å². The summed E-state index contributed by atoms with van der Waals surface area (Å²) in [4.78, 5) is 0. The Morgan fingerprint density at radius 2 is 1.95 bits per heavy atom. The van der Waals surface area contributed by atoms with Crippen LogP contribution in [0.3, 0.4) is 0 Å². The van der Waals surface area contributed by atoms with E-state index in [1.807, 2.05) is 48.5 Å². The van der Waals surface area contributed by atoms with Crippen LogP contribution in [0.1, 0.15) is 5.56 Å². The van der Waals surface area contributed by atoms with Gasteiger partial charge in [0, 0.05) is 11.3 Å². The number of ether oxygens (including phenoxy) is 1. The Bertz CT molecular complexity index is 599. The third-order valence-electron chi connectivity index (χ3n) is 2.54. The van der Waals surface area contributed by atoms with Crippen molar-refractivity contribution in [1.29, 1.82) is 0 Å². The summed E-state index contributed by atoms with van der Waals surface area (Å²) < 4.78 is 6.11. The molecule has 0 aliphatic heterocycles. The fourth-order valence-corrected chi connectivity index (χ4v) is 2.13. The predicted molar refractivity (Wildman–Crippen MR) is 82.5 cm³/mol. The first-order valence-electron chi connectivity index (χ1n) is 5.91. The van der Waals surface area contributed by atoms with E-state index in [9.17, 15) is 0 Å². The molecule has 96 valence electrons. The maximum Gasteiger partial charge on any atom is 0.133 e. The van der Waals surface area contributed by atoms with Crippen molar-refractivity contribution in [2.75, 3.05) is 19.0 Å². The second kappa shape index (κ2) is 6.86. The molecule has 2 aromatic carbocycles. The Kier molecular flexibility index (Phi) is 4.88. The molecule has 3 heteroatoms. The smallest absolute Gasteiger partial charge is 0.133 e. The maximum absolute atomic E-state index is 5.18. The highest BCUT2D eigenvalue weighted by Crippen LogP contribution is 2.27. The average Bonchev–Trinajstić information content (AvgIpc) is 2.45. The first-order chi connectivity index (χ1) is 9.29. The van der Waals surface area contributed by atoms with Crippen molar-refractivity contribution in [3.8, 4) is 17.6 Å². The third kappa shape index (κ3) is 4.04. The van der Waals surface area contributed by atoms with E-state index in [2.05, 4.69) is 33.1 Å². The second-order valence-corrected chi connectivity index (χ2v) is 4.73. The molecular formula is C16H14BrNO. The molecule has 0 saturated heterocycles. The van der Waals surface area contributed by atoms with Gasteiger partial charge >= 0.3 is 0 Å². The fourth-order valence-electron chi connectivity index (χ4n) is 1.59. The lowest BCUT2D eigenvalue weighted by molar-refractivity contribution is 0.412. The minimum atomic E-state index is 0.605. The highest BCUT2D eigenvalue weighted by Gasteiger charge is 1.99. The summed E-state index contributed by atoms with van der Waals surface area (Å²) >= 11 is 3.45. The number of halogens is 1. The zero-order chi connectivity index (χ0) is 13.5. The van der Waals surface area contributed by atoms with Gasteiger partial charge in [0.25, 0.3) is 0 Å². The number of methoxy groups -OCH3 is 1. The fraction of sp³-hybridized carbons (Fsp3) is 0.125. The molecule has 0 aromatic heterocycles. The van der Waals surface area contributed by atoms with Gasteiger partial charge in [-0.3, -0.25) is 0 Å². The minimum absolute atomic E-state index is 0.605. The Morgan fingerprint density at radius 3 is 2.63 bits per heavy atom. The molecule has 0 heterocycles. The molecule has 0 amide bonds. The van der Waals surface area contributed by atoms with E-state index in [1.165, 1.54) is 0 Å². The van der Waals surface area contributed by atoms with Crippen LogP contribution in [-0.4, -0.2) is 13.7 Å². The molecule has 2 rings (SSSR count). The van der Waals surface area contributed by atoms with Gasteiger partial charge in [-0.25, -0.2) is 0 Å². The Labute approximate surface area is 121 Å². The van der Waals surface area contributed by atoms with E-state index < -0.39 is 0 Å². The lowest BCUT2D eigenvalue weighted by Crippen LogP contribution is -1.98. The molecule has 0 unspecified atom stereocenters. The summed E-state index contributed by atoms with van der Waals surface area (Å²) in [6, 6.07) is 15.8. The Hall–Kier alpha value is -1.92. The Balaban J connectivity index is 1.93. The molecule has 0 saturated carbocycles. The zero-order valence-electron chi connectivity index (χ0n) is 10.6. The molecule has 0 fully saturated rings. The van der Waals surface area contributed by atoms with Gasteiger partial charge in [-0.1, -0.05) is 30.0 Å². The van der Waals surface area contributed by atoms with Gasteiger partial charge < -0.3 is 10.1 Å². The zero-order valence-corrected chi connectivity index (χ0v) is 12.2. The summed E-state index contributed by atoms with van der Waals surface area (Å²) in [7, 11) is 1.65. The number of anilines is 1. The van der Waals surface area contributed by atoms with Gasteiger partial charge in [0.05, 0.1) is 18.1 Å². The van der Waals surface area contributed by atoms with Crippen molar-refractivity contribution < 1.29 is 4.74 Å². The molecular weight excluding hydrogens is 302 g/mol. The standard InChI is InChI=1S/C16H14BrNO/c1-19-16-10-9-14(12-15(16)17)18-11-5-8-13-6-3-2-4-7-13/h2-4,6-7,9-10,12,18H,11H2,1H3. The molecule has 0 aliphatic rings. The maximum atomic E-state index is 5.18. The van der Waals surface area contributed by atoms with E-state index >= 15 is 0 Å². The molecule has 2 nitrogen and oxygen atoms in total. The van der Waals surface area contributed by atoms with Crippen LogP contribution in [0.4, 0.5) is 5.69 Å². The van der Waals surface area contributed by atoms with Crippen molar-refractivity contribution in [2.45, 2.75) is 0 Å². The van der Waals surface area contributed by atoms with E-state index in [1.54, 1.807) is 7.11 Å². The normalized spacial score (nSPS) is 9.37. The Morgan fingerprint density at radius 1 is 1.16 bits per heavy atom. The number of nitrogens with one attached hydrogen (secondary N) is 1. The molecule has 0 atom stereocenters. The lowest BCUT2D eigenvalue weighted by atomic mass is 10.2. The SMILES string of the molecule is COc1ccc(NCC#Cc2ccccc2)cc1Br. The molecule has 0 aliphatic carbocycles. The summed E-state index contributed by atoms with van der Waals surface area (Å²) in [5.41, 5.74) is 2.04. The van der Waals surface area contributed by atoms with Crippen molar-refractivity contribution >= 4 is 21.6 Å². The van der Waals surface area contributed by atoms with E-state index in [0.717, 1.165) is 21.5 Å². The molecule has 2 aromatic rings. The van der Waals surface area contributed by atoms with Crippen molar-refractivity contribution in [3.05, 3.63) is 58.6 Å². The number of hydrogen-bond donors (Lipinski definition) is 1. The molecule has 0 spiro atoms. The van der Waals surface area contributed by atoms with E-state index in [4.69, 9.17) is 4.74 Å². The van der Waals surface area contributed by atoms with Crippen LogP contribution < -0.4 is 10.1 Å². The highest BCUT2D eigenvalue weighted by molar-refractivity contribution is 9.10. The van der Waals surface area contributed by atoms with Crippen LogP contribution in [0, 0.1) is 11.8 Å². The van der Waals surface area contributed by atoms with Crippen LogP contribution >= 0.6 is 15.9 Å². The molecule has 19 heavy (non-hydrogen) atoms. The summed E-state index contributed by atoms with van der Waals surface area (Å²) in [5, 5.41) is 3.25. The molecule has 0 radical (unpaired) electrons. The number of rotatable bonds is 3. The first-order valence-corrected chi connectivity index (χ1v) is 6.70.